The molecular weight excluding hydrogens is 246 g/mol. The third-order valence-electron chi connectivity index (χ3n) is 2.75. The molecule has 0 aliphatic heterocycles. The number of benzene rings is 1. The Morgan fingerprint density at radius 1 is 1.26 bits per heavy atom. The van der Waals surface area contributed by atoms with Gasteiger partial charge >= 0.3 is 5.97 Å². The molecule has 0 aromatic heterocycles. The summed E-state index contributed by atoms with van der Waals surface area (Å²) < 4.78 is 4.84. The molecule has 2 N–H and O–H groups in total. The van der Waals surface area contributed by atoms with Gasteiger partial charge in [0.05, 0.1) is 13.0 Å². The van der Waals surface area contributed by atoms with Gasteiger partial charge in [0.25, 0.3) is 0 Å². The molecule has 0 aliphatic rings. The van der Waals surface area contributed by atoms with Crippen LogP contribution in [0, 0.1) is 0 Å². The Labute approximate surface area is 112 Å². The maximum absolute atomic E-state index is 11.7. The molecule has 0 aliphatic carbocycles. The summed E-state index contributed by atoms with van der Waals surface area (Å²) in [6, 6.07) is 9.23. The van der Waals surface area contributed by atoms with Gasteiger partial charge < -0.3 is 15.2 Å². The zero-order valence-electron chi connectivity index (χ0n) is 11.0. The summed E-state index contributed by atoms with van der Waals surface area (Å²) in [6.07, 6.45) is 0.113. The van der Waals surface area contributed by atoms with Crippen LogP contribution in [0.1, 0.15) is 24.3 Å². The standard InChI is InChI=1S/C14H19NO4/c1-19-8-7-15-13(16)9-12(10-14(17)18)11-5-3-2-4-6-11/h2-6,12H,7-10H2,1H3,(H,15,16)(H,17,18). The maximum atomic E-state index is 11.7. The van der Waals surface area contributed by atoms with E-state index in [0.717, 1.165) is 5.56 Å². The average Bonchev–Trinajstić information content (AvgIpc) is 2.39. The quantitative estimate of drug-likeness (QED) is 0.697. The number of rotatable bonds is 8. The molecule has 0 bridgehead atoms. The molecule has 104 valence electrons. The molecule has 1 aromatic rings. The number of amides is 1. The zero-order valence-corrected chi connectivity index (χ0v) is 11.0. The highest BCUT2D eigenvalue weighted by molar-refractivity contribution is 5.78. The van der Waals surface area contributed by atoms with E-state index in [2.05, 4.69) is 5.32 Å². The fourth-order valence-corrected chi connectivity index (χ4v) is 1.83. The monoisotopic (exact) mass is 265 g/mol. The summed E-state index contributed by atoms with van der Waals surface area (Å²) in [5.74, 6) is -1.37. The lowest BCUT2D eigenvalue weighted by Gasteiger charge is -2.15. The number of carbonyl (C=O) groups excluding carboxylic acids is 1. The summed E-state index contributed by atoms with van der Waals surface area (Å²) >= 11 is 0. The first-order chi connectivity index (χ1) is 9.13. The molecular formula is C14H19NO4. The van der Waals surface area contributed by atoms with Gasteiger partial charge in [-0.3, -0.25) is 9.59 Å². The number of carboxylic acid groups (broad SMARTS) is 1. The van der Waals surface area contributed by atoms with Crippen molar-refractivity contribution in [3.63, 3.8) is 0 Å². The number of aliphatic carboxylic acids is 1. The van der Waals surface area contributed by atoms with Gasteiger partial charge in [0.1, 0.15) is 0 Å². The van der Waals surface area contributed by atoms with E-state index >= 15 is 0 Å². The average molecular weight is 265 g/mol. The van der Waals surface area contributed by atoms with Crippen molar-refractivity contribution in [1.82, 2.24) is 5.32 Å². The Morgan fingerprint density at radius 3 is 2.53 bits per heavy atom. The minimum atomic E-state index is -0.904. The second-order valence-electron chi connectivity index (χ2n) is 4.25. The van der Waals surface area contributed by atoms with Gasteiger partial charge in [-0.1, -0.05) is 30.3 Å². The van der Waals surface area contributed by atoms with Crippen LogP contribution in [0.5, 0.6) is 0 Å². The van der Waals surface area contributed by atoms with Crippen molar-refractivity contribution in [2.45, 2.75) is 18.8 Å². The van der Waals surface area contributed by atoms with E-state index in [1.807, 2.05) is 30.3 Å². The number of methoxy groups -OCH3 is 1. The van der Waals surface area contributed by atoms with Crippen LogP contribution in [0.25, 0.3) is 0 Å². The van der Waals surface area contributed by atoms with E-state index in [4.69, 9.17) is 9.84 Å². The van der Waals surface area contributed by atoms with Crippen LogP contribution >= 0.6 is 0 Å². The zero-order chi connectivity index (χ0) is 14.1. The fourth-order valence-electron chi connectivity index (χ4n) is 1.83. The first-order valence-electron chi connectivity index (χ1n) is 6.16. The SMILES string of the molecule is COCCNC(=O)CC(CC(=O)O)c1ccccc1. The van der Waals surface area contributed by atoms with Gasteiger partial charge in [0.15, 0.2) is 0 Å². The number of carbonyl (C=O) groups is 2. The minimum absolute atomic E-state index is 0.0539. The number of hydrogen-bond donors (Lipinski definition) is 2. The van der Waals surface area contributed by atoms with Crippen molar-refractivity contribution in [2.75, 3.05) is 20.3 Å². The van der Waals surface area contributed by atoms with E-state index in [1.54, 1.807) is 7.11 Å². The van der Waals surface area contributed by atoms with Crippen LogP contribution in [0.15, 0.2) is 30.3 Å². The first kappa shape index (κ1) is 15.2. The first-order valence-corrected chi connectivity index (χ1v) is 6.16. The third-order valence-corrected chi connectivity index (χ3v) is 2.75. The summed E-state index contributed by atoms with van der Waals surface area (Å²) in [5.41, 5.74) is 0.867. The Hall–Kier alpha value is -1.88. The highest BCUT2D eigenvalue weighted by Gasteiger charge is 2.18. The summed E-state index contributed by atoms with van der Waals surface area (Å²) in [6.45, 7) is 0.880. The van der Waals surface area contributed by atoms with Crippen LogP contribution in [0.4, 0.5) is 0 Å². The largest absolute Gasteiger partial charge is 0.481 e. The Bertz CT molecular complexity index is 405. The number of hydrogen-bond acceptors (Lipinski definition) is 3. The molecule has 0 heterocycles. The summed E-state index contributed by atoms with van der Waals surface area (Å²) in [4.78, 5) is 22.6. The number of ether oxygens (including phenoxy) is 1. The molecule has 19 heavy (non-hydrogen) atoms. The molecule has 0 saturated carbocycles. The van der Waals surface area contributed by atoms with Crippen LogP contribution in [0.3, 0.4) is 0 Å². The molecule has 5 nitrogen and oxygen atoms in total. The van der Waals surface area contributed by atoms with Crippen molar-refractivity contribution in [2.24, 2.45) is 0 Å². The van der Waals surface area contributed by atoms with Crippen LogP contribution in [-0.2, 0) is 14.3 Å². The Morgan fingerprint density at radius 2 is 1.95 bits per heavy atom. The van der Waals surface area contributed by atoms with E-state index in [0.29, 0.717) is 13.2 Å². The Balaban J connectivity index is 2.60. The number of carboxylic acids is 1. The molecule has 1 atom stereocenters. The third kappa shape index (κ3) is 6.01. The van der Waals surface area contributed by atoms with Crippen LogP contribution < -0.4 is 5.32 Å². The summed E-state index contributed by atoms with van der Waals surface area (Å²) in [5, 5.41) is 11.6. The maximum Gasteiger partial charge on any atom is 0.303 e. The highest BCUT2D eigenvalue weighted by Crippen LogP contribution is 2.23. The highest BCUT2D eigenvalue weighted by atomic mass is 16.5. The number of nitrogens with one attached hydrogen (secondary N) is 1. The van der Waals surface area contributed by atoms with E-state index in [9.17, 15) is 9.59 Å². The van der Waals surface area contributed by atoms with Gasteiger partial charge in [-0.25, -0.2) is 0 Å². The molecule has 0 radical (unpaired) electrons. The second-order valence-corrected chi connectivity index (χ2v) is 4.25. The second kappa shape index (κ2) is 8.26. The molecule has 0 spiro atoms. The van der Waals surface area contributed by atoms with Gasteiger partial charge in [0.2, 0.25) is 5.91 Å². The van der Waals surface area contributed by atoms with Gasteiger partial charge in [-0.05, 0) is 5.56 Å². The van der Waals surface area contributed by atoms with E-state index in [1.165, 1.54) is 0 Å². The van der Waals surface area contributed by atoms with E-state index in [-0.39, 0.29) is 24.7 Å². The van der Waals surface area contributed by atoms with Crippen molar-refractivity contribution in [3.8, 4) is 0 Å². The fraction of sp³-hybridized carbons (Fsp3) is 0.429. The Kier molecular flexibility index (Phi) is 6.60. The van der Waals surface area contributed by atoms with Gasteiger partial charge in [0, 0.05) is 26.0 Å². The predicted molar refractivity (Wildman–Crippen MR) is 70.9 cm³/mol. The minimum Gasteiger partial charge on any atom is -0.481 e. The normalized spacial score (nSPS) is 11.8. The lowest BCUT2D eigenvalue weighted by Crippen LogP contribution is -2.28. The van der Waals surface area contributed by atoms with Crippen molar-refractivity contribution in [1.29, 1.82) is 0 Å². The molecule has 1 amide bonds. The van der Waals surface area contributed by atoms with Gasteiger partial charge in [-0.15, -0.1) is 0 Å². The topological polar surface area (TPSA) is 75.6 Å². The lowest BCUT2D eigenvalue weighted by molar-refractivity contribution is -0.137. The molecule has 1 unspecified atom stereocenters. The van der Waals surface area contributed by atoms with Crippen LogP contribution in [0.2, 0.25) is 0 Å². The molecule has 0 saturated heterocycles. The smallest absolute Gasteiger partial charge is 0.303 e. The van der Waals surface area contributed by atoms with Gasteiger partial charge in [-0.2, -0.15) is 0 Å². The van der Waals surface area contributed by atoms with Crippen molar-refractivity contribution >= 4 is 11.9 Å². The molecule has 1 aromatic carbocycles. The lowest BCUT2D eigenvalue weighted by atomic mass is 9.92. The molecule has 1 rings (SSSR count). The van der Waals surface area contributed by atoms with Crippen molar-refractivity contribution < 1.29 is 19.4 Å². The summed E-state index contributed by atoms with van der Waals surface area (Å²) in [7, 11) is 1.56. The molecule has 0 fully saturated rings. The van der Waals surface area contributed by atoms with Crippen LogP contribution in [-0.4, -0.2) is 37.2 Å². The predicted octanol–water partition coefficient (Wildman–Crippen LogP) is 1.40. The molecule has 5 heteroatoms. The van der Waals surface area contributed by atoms with Crippen molar-refractivity contribution in [3.05, 3.63) is 35.9 Å². The van der Waals surface area contributed by atoms with E-state index < -0.39 is 5.97 Å².